The van der Waals surface area contributed by atoms with E-state index >= 15 is 0 Å². The first-order valence-corrected chi connectivity index (χ1v) is 5.53. The van der Waals surface area contributed by atoms with Crippen molar-refractivity contribution in [2.75, 3.05) is 13.2 Å². The summed E-state index contributed by atoms with van der Waals surface area (Å²) >= 11 is 0. The first kappa shape index (κ1) is 13.3. The highest BCUT2D eigenvalue weighted by molar-refractivity contribution is 5.78. The van der Waals surface area contributed by atoms with Gasteiger partial charge in [-0.1, -0.05) is 6.07 Å². The van der Waals surface area contributed by atoms with E-state index in [1.165, 1.54) is 12.1 Å². The first-order valence-electron chi connectivity index (χ1n) is 5.53. The SMILES string of the molecule is CC(C)NC(N)=NCCOc1cccc(F)c1. The molecule has 1 aromatic rings. The molecule has 0 amide bonds. The molecule has 0 atom stereocenters. The smallest absolute Gasteiger partial charge is 0.188 e. The second-order valence-electron chi connectivity index (χ2n) is 3.87. The van der Waals surface area contributed by atoms with Gasteiger partial charge in [-0.05, 0) is 26.0 Å². The molecule has 1 aromatic carbocycles. The molecule has 0 aromatic heterocycles. The summed E-state index contributed by atoms with van der Waals surface area (Å²) in [5.74, 6) is 0.574. The van der Waals surface area contributed by atoms with Gasteiger partial charge in [-0.25, -0.2) is 9.38 Å². The molecule has 0 saturated carbocycles. The molecular weight excluding hydrogens is 221 g/mol. The maximum atomic E-state index is 12.8. The number of nitrogens with one attached hydrogen (secondary N) is 1. The van der Waals surface area contributed by atoms with Crippen LogP contribution in [0.4, 0.5) is 4.39 Å². The highest BCUT2D eigenvalue weighted by atomic mass is 19.1. The maximum absolute atomic E-state index is 12.8. The summed E-state index contributed by atoms with van der Waals surface area (Å²) in [6, 6.07) is 6.25. The van der Waals surface area contributed by atoms with Crippen LogP contribution < -0.4 is 15.8 Å². The van der Waals surface area contributed by atoms with Crippen LogP contribution in [0.1, 0.15) is 13.8 Å². The van der Waals surface area contributed by atoms with E-state index in [1.54, 1.807) is 12.1 Å². The van der Waals surface area contributed by atoms with E-state index in [0.717, 1.165) is 0 Å². The first-order chi connectivity index (χ1) is 8.08. The fourth-order valence-electron chi connectivity index (χ4n) is 1.23. The van der Waals surface area contributed by atoms with E-state index in [1.807, 2.05) is 13.8 Å². The van der Waals surface area contributed by atoms with E-state index in [2.05, 4.69) is 10.3 Å². The van der Waals surface area contributed by atoms with Gasteiger partial charge in [0.25, 0.3) is 0 Å². The van der Waals surface area contributed by atoms with Gasteiger partial charge < -0.3 is 15.8 Å². The summed E-state index contributed by atoms with van der Waals surface area (Å²) in [7, 11) is 0. The lowest BCUT2D eigenvalue weighted by molar-refractivity contribution is 0.326. The van der Waals surface area contributed by atoms with Gasteiger partial charge in [0.15, 0.2) is 5.96 Å². The van der Waals surface area contributed by atoms with Crippen LogP contribution >= 0.6 is 0 Å². The van der Waals surface area contributed by atoms with Crippen LogP contribution in [0.25, 0.3) is 0 Å². The standard InChI is InChI=1S/C12H18FN3O/c1-9(2)16-12(14)15-6-7-17-11-5-3-4-10(13)8-11/h3-5,8-9H,6-7H2,1-2H3,(H3,14,15,16). The van der Waals surface area contributed by atoms with Gasteiger partial charge in [0.05, 0.1) is 6.54 Å². The van der Waals surface area contributed by atoms with Gasteiger partial charge in [-0.15, -0.1) is 0 Å². The van der Waals surface area contributed by atoms with E-state index in [9.17, 15) is 4.39 Å². The monoisotopic (exact) mass is 239 g/mol. The van der Waals surface area contributed by atoms with Crippen molar-refractivity contribution in [2.24, 2.45) is 10.7 Å². The summed E-state index contributed by atoms with van der Waals surface area (Å²) in [5, 5.41) is 2.96. The number of hydrogen-bond donors (Lipinski definition) is 2. The third kappa shape index (κ3) is 5.75. The molecule has 3 N–H and O–H groups in total. The molecule has 94 valence electrons. The van der Waals surface area contributed by atoms with Crippen molar-refractivity contribution < 1.29 is 9.13 Å². The highest BCUT2D eigenvalue weighted by Crippen LogP contribution is 2.11. The molecule has 0 aliphatic heterocycles. The Bertz CT molecular complexity index is 380. The Morgan fingerprint density at radius 1 is 1.53 bits per heavy atom. The summed E-state index contributed by atoms with van der Waals surface area (Å²) in [6.45, 7) is 4.75. The number of rotatable bonds is 5. The Morgan fingerprint density at radius 2 is 2.29 bits per heavy atom. The summed E-state index contributed by atoms with van der Waals surface area (Å²) in [5.41, 5.74) is 5.60. The molecule has 0 radical (unpaired) electrons. The van der Waals surface area contributed by atoms with Gasteiger partial charge in [0.2, 0.25) is 0 Å². The van der Waals surface area contributed by atoms with Gasteiger partial charge in [-0.2, -0.15) is 0 Å². The summed E-state index contributed by atoms with van der Waals surface area (Å²) in [6.07, 6.45) is 0. The lowest BCUT2D eigenvalue weighted by Crippen LogP contribution is -2.37. The largest absolute Gasteiger partial charge is 0.492 e. The zero-order valence-electron chi connectivity index (χ0n) is 10.1. The van der Waals surface area contributed by atoms with Crippen molar-refractivity contribution in [3.8, 4) is 5.75 Å². The molecule has 0 aliphatic rings. The molecule has 5 heteroatoms. The summed E-state index contributed by atoms with van der Waals surface area (Å²) < 4.78 is 18.1. The van der Waals surface area contributed by atoms with Crippen LogP contribution in [0.15, 0.2) is 29.3 Å². The number of ether oxygens (including phenoxy) is 1. The van der Waals surface area contributed by atoms with Crippen molar-refractivity contribution in [2.45, 2.75) is 19.9 Å². The third-order valence-electron chi connectivity index (χ3n) is 1.87. The van der Waals surface area contributed by atoms with E-state index in [0.29, 0.717) is 24.9 Å². The Kier molecular flexibility index (Phi) is 5.26. The predicted molar refractivity (Wildman–Crippen MR) is 66.7 cm³/mol. The second-order valence-corrected chi connectivity index (χ2v) is 3.87. The Hall–Kier alpha value is -1.78. The Morgan fingerprint density at radius 3 is 2.94 bits per heavy atom. The van der Waals surface area contributed by atoms with E-state index in [4.69, 9.17) is 10.5 Å². The topological polar surface area (TPSA) is 59.6 Å². The van der Waals surface area contributed by atoms with Gasteiger partial charge in [0, 0.05) is 12.1 Å². The highest BCUT2D eigenvalue weighted by Gasteiger charge is 1.96. The van der Waals surface area contributed by atoms with E-state index < -0.39 is 0 Å². The fraction of sp³-hybridized carbons (Fsp3) is 0.417. The minimum Gasteiger partial charge on any atom is -0.492 e. The maximum Gasteiger partial charge on any atom is 0.188 e. The number of nitrogens with zero attached hydrogens (tertiary/aromatic N) is 1. The molecule has 4 nitrogen and oxygen atoms in total. The molecule has 1 rings (SSSR count). The minimum atomic E-state index is -0.313. The number of aliphatic imine (C=N–C) groups is 1. The minimum absolute atomic E-state index is 0.253. The van der Waals surface area contributed by atoms with Crippen LogP contribution in [-0.2, 0) is 0 Å². The molecule has 0 aliphatic carbocycles. The molecule has 0 saturated heterocycles. The zero-order chi connectivity index (χ0) is 12.7. The molecule has 17 heavy (non-hydrogen) atoms. The summed E-state index contributed by atoms with van der Waals surface area (Å²) in [4.78, 5) is 4.07. The number of halogens is 1. The van der Waals surface area contributed by atoms with Crippen molar-refractivity contribution in [3.63, 3.8) is 0 Å². The molecule has 0 spiro atoms. The number of hydrogen-bond acceptors (Lipinski definition) is 2. The molecule has 0 unspecified atom stereocenters. The van der Waals surface area contributed by atoms with Crippen molar-refractivity contribution >= 4 is 5.96 Å². The normalized spacial score (nSPS) is 11.6. The molecular formula is C12H18FN3O. The number of benzene rings is 1. The second kappa shape index (κ2) is 6.73. The van der Waals surface area contributed by atoms with Crippen molar-refractivity contribution in [1.82, 2.24) is 5.32 Å². The van der Waals surface area contributed by atoms with Crippen LogP contribution in [-0.4, -0.2) is 25.2 Å². The molecule has 0 bridgehead atoms. The quantitative estimate of drug-likeness (QED) is 0.465. The van der Waals surface area contributed by atoms with Gasteiger partial charge in [0.1, 0.15) is 18.2 Å². The number of nitrogens with two attached hydrogens (primary N) is 1. The molecule has 0 fully saturated rings. The van der Waals surface area contributed by atoms with Gasteiger partial charge in [-0.3, -0.25) is 0 Å². The third-order valence-corrected chi connectivity index (χ3v) is 1.87. The van der Waals surface area contributed by atoms with Crippen LogP contribution in [0.2, 0.25) is 0 Å². The fourth-order valence-corrected chi connectivity index (χ4v) is 1.23. The van der Waals surface area contributed by atoms with Crippen LogP contribution in [0.5, 0.6) is 5.75 Å². The number of guanidine groups is 1. The molecule has 0 heterocycles. The van der Waals surface area contributed by atoms with Crippen LogP contribution in [0.3, 0.4) is 0 Å². The average Bonchev–Trinajstić information content (AvgIpc) is 2.23. The van der Waals surface area contributed by atoms with Crippen molar-refractivity contribution in [1.29, 1.82) is 0 Å². The zero-order valence-corrected chi connectivity index (χ0v) is 10.1. The lowest BCUT2D eigenvalue weighted by Gasteiger charge is -2.08. The van der Waals surface area contributed by atoms with Crippen molar-refractivity contribution in [3.05, 3.63) is 30.1 Å². The average molecular weight is 239 g/mol. The van der Waals surface area contributed by atoms with Gasteiger partial charge >= 0.3 is 0 Å². The van der Waals surface area contributed by atoms with Crippen LogP contribution in [0, 0.1) is 5.82 Å². The predicted octanol–water partition coefficient (Wildman–Crippen LogP) is 1.52. The van der Waals surface area contributed by atoms with E-state index in [-0.39, 0.29) is 11.9 Å². The Balaban J connectivity index is 2.28. The lowest BCUT2D eigenvalue weighted by atomic mass is 10.3. The Labute approximate surface area is 101 Å².